The summed E-state index contributed by atoms with van der Waals surface area (Å²) in [7, 11) is -3.91. The molecule has 3 rings (SSSR count). The molecule has 1 amide bonds. The summed E-state index contributed by atoms with van der Waals surface area (Å²) in [5, 5.41) is 3.32. The number of carbonyl (C=O) groups is 1. The van der Waals surface area contributed by atoms with Crippen LogP contribution in [0.3, 0.4) is 0 Å². The van der Waals surface area contributed by atoms with Gasteiger partial charge in [0.25, 0.3) is 0 Å². The van der Waals surface area contributed by atoms with E-state index in [1.807, 2.05) is 43.3 Å². The van der Waals surface area contributed by atoms with E-state index in [1.54, 1.807) is 44.2 Å². The maximum Gasteiger partial charge on any atom is 0.244 e. The Kier molecular flexibility index (Phi) is 7.15. The molecule has 0 saturated carbocycles. The molecular formula is C24H25ClN2O3S. The zero-order valence-electron chi connectivity index (χ0n) is 17.7. The first-order valence-corrected chi connectivity index (χ1v) is 11.7. The molecule has 0 spiro atoms. The van der Waals surface area contributed by atoms with Crippen molar-refractivity contribution < 1.29 is 13.2 Å². The van der Waals surface area contributed by atoms with E-state index in [-0.39, 0.29) is 18.0 Å². The molecule has 0 aliphatic carbocycles. The molecule has 0 bridgehead atoms. The largest absolute Gasteiger partial charge is 0.325 e. The minimum Gasteiger partial charge on any atom is -0.325 e. The van der Waals surface area contributed by atoms with Gasteiger partial charge >= 0.3 is 0 Å². The second-order valence-corrected chi connectivity index (χ2v) is 9.80. The van der Waals surface area contributed by atoms with Crippen molar-refractivity contribution in [3.8, 4) is 0 Å². The number of nitrogens with one attached hydrogen (secondary N) is 1. The molecule has 3 aromatic carbocycles. The first kappa shape index (κ1) is 23.0. The van der Waals surface area contributed by atoms with Gasteiger partial charge in [-0.2, -0.15) is 4.31 Å². The number of halogens is 1. The molecule has 0 saturated heterocycles. The number of benzene rings is 3. The second kappa shape index (κ2) is 9.64. The predicted molar refractivity (Wildman–Crippen MR) is 125 cm³/mol. The molecule has 0 heterocycles. The van der Waals surface area contributed by atoms with Crippen molar-refractivity contribution in [3.63, 3.8) is 0 Å². The SMILES string of the molecule is Cc1ccc(C)c(S(=O)(=O)N(CC(=O)Nc2cccc(Cl)c2C)Cc2ccccc2)c1. The van der Waals surface area contributed by atoms with Crippen LogP contribution in [0, 0.1) is 20.8 Å². The number of aryl methyl sites for hydroxylation is 2. The number of amides is 1. The summed E-state index contributed by atoms with van der Waals surface area (Å²) in [6, 6.07) is 19.7. The van der Waals surface area contributed by atoms with Crippen LogP contribution in [-0.4, -0.2) is 25.2 Å². The summed E-state index contributed by atoms with van der Waals surface area (Å²) < 4.78 is 28.3. The van der Waals surface area contributed by atoms with Gasteiger partial charge in [-0.25, -0.2) is 8.42 Å². The van der Waals surface area contributed by atoms with Crippen molar-refractivity contribution in [3.05, 3.63) is 94.0 Å². The van der Waals surface area contributed by atoms with Crippen LogP contribution in [0.25, 0.3) is 0 Å². The van der Waals surface area contributed by atoms with Gasteiger partial charge in [0.2, 0.25) is 15.9 Å². The van der Waals surface area contributed by atoms with Crippen molar-refractivity contribution in [2.24, 2.45) is 0 Å². The summed E-state index contributed by atoms with van der Waals surface area (Å²) >= 11 is 6.14. The molecule has 3 aromatic rings. The summed E-state index contributed by atoms with van der Waals surface area (Å²) in [5.41, 5.74) is 3.55. The molecule has 7 heteroatoms. The Morgan fingerprint density at radius 3 is 2.39 bits per heavy atom. The smallest absolute Gasteiger partial charge is 0.244 e. The molecule has 0 fully saturated rings. The lowest BCUT2D eigenvalue weighted by Gasteiger charge is -2.23. The molecule has 0 unspecified atom stereocenters. The van der Waals surface area contributed by atoms with E-state index in [4.69, 9.17) is 11.6 Å². The number of hydrogen-bond acceptors (Lipinski definition) is 3. The van der Waals surface area contributed by atoms with Crippen LogP contribution in [0.5, 0.6) is 0 Å². The van der Waals surface area contributed by atoms with E-state index in [1.165, 1.54) is 4.31 Å². The molecule has 1 N–H and O–H groups in total. The molecule has 162 valence electrons. The third-order valence-electron chi connectivity index (χ3n) is 5.02. The van der Waals surface area contributed by atoms with Gasteiger partial charge in [0.05, 0.1) is 11.4 Å². The monoisotopic (exact) mass is 456 g/mol. The van der Waals surface area contributed by atoms with Crippen molar-refractivity contribution >= 4 is 33.2 Å². The molecule has 0 atom stereocenters. The maximum atomic E-state index is 13.5. The Bertz CT molecular complexity index is 1190. The number of carbonyl (C=O) groups excluding carboxylic acids is 1. The van der Waals surface area contributed by atoms with Gasteiger partial charge in [0.1, 0.15) is 0 Å². The average Bonchev–Trinajstić information content (AvgIpc) is 2.73. The summed E-state index contributed by atoms with van der Waals surface area (Å²) in [4.78, 5) is 13.1. The van der Waals surface area contributed by atoms with Gasteiger partial charge in [0, 0.05) is 17.3 Å². The number of anilines is 1. The molecular weight excluding hydrogens is 432 g/mol. The van der Waals surface area contributed by atoms with E-state index in [2.05, 4.69) is 5.32 Å². The van der Waals surface area contributed by atoms with Crippen LogP contribution in [0.1, 0.15) is 22.3 Å². The fourth-order valence-corrected chi connectivity index (χ4v) is 5.10. The highest BCUT2D eigenvalue weighted by Crippen LogP contribution is 2.25. The van der Waals surface area contributed by atoms with Crippen LogP contribution in [0.2, 0.25) is 5.02 Å². The number of hydrogen-bond donors (Lipinski definition) is 1. The quantitative estimate of drug-likeness (QED) is 0.538. The van der Waals surface area contributed by atoms with E-state index in [0.29, 0.717) is 16.3 Å². The first-order valence-electron chi connectivity index (χ1n) is 9.85. The predicted octanol–water partition coefficient (Wildman–Crippen LogP) is 5.09. The molecule has 5 nitrogen and oxygen atoms in total. The molecule has 0 radical (unpaired) electrons. The highest BCUT2D eigenvalue weighted by molar-refractivity contribution is 7.89. The molecule has 31 heavy (non-hydrogen) atoms. The molecule has 0 aromatic heterocycles. The van der Waals surface area contributed by atoms with E-state index in [0.717, 1.165) is 16.7 Å². The van der Waals surface area contributed by atoms with Gasteiger partial charge in [0.15, 0.2) is 0 Å². The van der Waals surface area contributed by atoms with Crippen LogP contribution in [-0.2, 0) is 21.4 Å². The minimum atomic E-state index is -3.91. The van der Waals surface area contributed by atoms with Crippen LogP contribution >= 0.6 is 11.6 Å². The van der Waals surface area contributed by atoms with Crippen molar-refractivity contribution in [2.75, 3.05) is 11.9 Å². The van der Waals surface area contributed by atoms with Crippen molar-refractivity contribution in [1.29, 1.82) is 0 Å². The van der Waals surface area contributed by atoms with E-state index >= 15 is 0 Å². The normalized spacial score (nSPS) is 11.5. The number of rotatable bonds is 7. The molecule has 0 aliphatic rings. The standard InChI is InChI=1S/C24H25ClN2O3S/c1-17-12-13-18(2)23(14-17)31(29,30)27(15-20-8-5-4-6-9-20)16-24(28)26-22-11-7-10-21(25)19(22)3/h4-14H,15-16H2,1-3H3,(H,26,28). The maximum absolute atomic E-state index is 13.5. The number of nitrogens with zero attached hydrogens (tertiary/aromatic N) is 1. The molecule has 0 aliphatic heterocycles. The first-order chi connectivity index (χ1) is 14.7. The van der Waals surface area contributed by atoms with E-state index in [9.17, 15) is 13.2 Å². The third-order valence-corrected chi connectivity index (χ3v) is 7.37. The zero-order chi connectivity index (χ0) is 22.6. The second-order valence-electron chi connectivity index (χ2n) is 7.49. The number of sulfonamides is 1. The Hall–Kier alpha value is -2.67. The highest BCUT2D eigenvalue weighted by Gasteiger charge is 2.28. The van der Waals surface area contributed by atoms with Crippen LogP contribution in [0.15, 0.2) is 71.6 Å². The van der Waals surface area contributed by atoms with Gasteiger partial charge < -0.3 is 5.32 Å². The van der Waals surface area contributed by atoms with Gasteiger partial charge in [-0.3, -0.25) is 4.79 Å². The summed E-state index contributed by atoms with van der Waals surface area (Å²) in [6.45, 7) is 5.15. The lowest BCUT2D eigenvalue weighted by atomic mass is 10.2. The fraction of sp³-hybridized carbons (Fsp3) is 0.208. The topological polar surface area (TPSA) is 66.5 Å². The Morgan fingerprint density at radius 1 is 0.968 bits per heavy atom. The lowest BCUT2D eigenvalue weighted by Crippen LogP contribution is -2.38. The van der Waals surface area contributed by atoms with Gasteiger partial charge in [-0.05, 0) is 61.2 Å². The Balaban J connectivity index is 1.93. The fourth-order valence-electron chi connectivity index (χ4n) is 3.23. The Morgan fingerprint density at radius 2 is 1.68 bits per heavy atom. The van der Waals surface area contributed by atoms with Crippen molar-refractivity contribution in [2.45, 2.75) is 32.2 Å². The third kappa shape index (κ3) is 5.53. The Labute approximate surface area is 188 Å². The van der Waals surface area contributed by atoms with Crippen molar-refractivity contribution in [1.82, 2.24) is 4.31 Å². The van der Waals surface area contributed by atoms with Crippen LogP contribution < -0.4 is 5.32 Å². The zero-order valence-corrected chi connectivity index (χ0v) is 19.3. The lowest BCUT2D eigenvalue weighted by molar-refractivity contribution is -0.116. The van der Waals surface area contributed by atoms with Gasteiger partial charge in [-0.1, -0.05) is 60.1 Å². The summed E-state index contributed by atoms with van der Waals surface area (Å²) in [5.74, 6) is -0.435. The van der Waals surface area contributed by atoms with Gasteiger partial charge in [-0.15, -0.1) is 0 Å². The van der Waals surface area contributed by atoms with E-state index < -0.39 is 15.9 Å². The van der Waals surface area contributed by atoms with Crippen LogP contribution in [0.4, 0.5) is 5.69 Å². The average molecular weight is 457 g/mol. The highest BCUT2D eigenvalue weighted by atomic mass is 35.5. The minimum absolute atomic E-state index is 0.0818. The summed E-state index contributed by atoms with van der Waals surface area (Å²) in [6.07, 6.45) is 0.